The molecule has 0 aliphatic rings. The van der Waals surface area contributed by atoms with E-state index < -0.39 is 10.8 Å². The number of hydrazine groups is 1. The number of nitrogens with zero attached hydrogens (tertiary/aromatic N) is 2. The van der Waals surface area contributed by atoms with Crippen LogP contribution in [0.3, 0.4) is 0 Å². The second-order valence-corrected chi connectivity index (χ2v) is 5.38. The number of hydrogen-bond donors (Lipinski definition) is 1. The minimum atomic E-state index is -0.622. The van der Waals surface area contributed by atoms with E-state index in [1.165, 1.54) is 18.2 Å². The van der Waals surface area contributed by atoms with Gasteiger partial charge in [0, 0.05) is 17.6 Å². The van der Waals surface area contributed by atoms with E-state index in [-0.39, 0.29) is 16.3 Å². The summed E-state index contributed by atoms with van der Waals surface area (Å²) >= 11 is 5.76. The van der Waals surface area contributed by atoms with E-state index in [1.54, 1.807) is 5.01 Å². The zero-order chi connectivity index (χ0) is 17.0. The summed E-state index contributed by atoms with van der Waals surface area (Å²) in [6.07, 6.45) is 0. The van der Waals surface area contributed by atoms with Gasteiger partial charge in [0.15, 0.2) is 0 Å². The Morgan fingerprint density at radius 2 is 1.91 bits per heavy atom. The number of aryl methyl sites for hydroxylation is 1. The zero-order valence-corrected chi connectivity index (χ0v) is 13.5. The minimum Gasteiger partial charge on any atom is -0.286 e. The Balaban J connectivity index is 2.27. The Kier molecular flexibility index (Phi) is 5.18. The van der Waals surface area contributed by atoms with Crippen LogP contribution in [0.25, 0.3) is 0 Å². The van der Waals surface area contributed by atoms with Gasteiger partial charge in [-0.25, -0.2) is 0 Å². The predicted octanol–water partition coefficient (Wildman–Crippen LogP) is 3.73. The molecule has 0 aliphatic carbocycles. The highest BCUT2D eigenvalue weighted by molar-refractivity contribution is 6.31. The third-order valence-corrected chi connectivity index (χ3v) is 3.53. The lowest BCUT2D eigenvalue weighted by Gasteiger charge is -2.23. The average molecular weight is 334 g/mol. The summed E-state index contributed by atoms with van der Waals surface area (Å²) in [6.45, 7) is 4.35. The van der Waals surface area contributed by atoms with Gasteiger partial charge in [-0.3, -0.25) is 25.3 Å². The van der Waals surface area contributed by atoms with Crippen LogP contribution in [-0.2, 0) is 0 Å². The number of anilines is 1. The van der Waals surface area contributed by atoms with Gasteiger partial charge in [-0.15, -0.1) is 0 Å². The molecule has 0 aliphatic heterocycles. The van der Waals surface area contributed by atoms with Crippen molar-refractivity contribution in [2.75, 3.05) is 11.6 Å². The summed E-state index contributed by atoms with van der Waals surface area (Å²) in [5, 5.41) is 12.9. The van der Waals surface area contributed by atoms with Crippen molar-refractivity contribution in [3.63, 3.8) is 0 Å². The molecule has 0 heterocycles. The molecule has 0 spiro atoms. The predicted molar refractivity (Wildman–Crippen MR) is 89.8 cm³/mol. The highest BCUT2D eigenvalue weighted by Crippen LogP contribution is 2.23. The van der Waals surface area contributed by atoms with Crippen LogP contribution in [0.5, 0.6) is 0 Å². The SMILES string of the molecule is CCN(NC(=O)c1ccc(Cl)cc1[N+](=O)[O-])c1ccc(C)cc1. The fourth-order valence-electron chi connectivity index (χ4n) is 2.08. The van der Waals surface area contributed by atoms with Gasteiger partial charge in [-0.1, -0.05) is 29.3 Å². The summed E-state index contributed by atoms with van der Waals surface area (Å²) < 4.78 is 0. The molecular weight excluding hydrogens is 318 g/mol. The van der Waals surface area contributed by atoms with Gasteiger partial charge < -0.3 is 0 Å². The first-order valence-electron chi connectivity index (χ1n) is 7.01. The van der Waals surface area contributed by atoms with Crippen molar-refractivity contribution < 1.29 is 9.72 Å². The smallest absolute Gasteiger partial charge is 0.283 e. The summed E-state index contributed by atoms with van der Waals surface area (Å²) in [4.78, 5) is 22.9. The first kappa shape index (κ1) is 16.8. The standard InChI is InChI=1S/C16H16ClN3O3/c1-3-19(13-7-4-11(2)5-8-13)18-16(21)14-9-6-12(17)10-15(14)20(22)23/h4-10H,3H2,1-2H3,(H,18,21). The lowest BCUT2D eigenvalue weighted by molar-refractivity contribution is -0.385. The summed E-state index contributed by atoms with van der Waals surface area (Å²) in [6, 6.07) is 11.6. The molecule has 6 nitrogen and oxygen atoms in total. The van der Waals surface area contributed by atoms with Crippen LogP contribution in [0, 0.1) is 17.0 Å². The highest BCUT2D eigenvalue weighted by atomic mass is 35.5. The van der Waals surface area contributed by atoms with E-state index in [0.717, 1.165) is 11.3 Å². The monoisotopic (exact) mass is 333 g/mol. The van der Waals surface area contributed by atoms with Crippen LogP contribution in [-0.4, -0.2) is 17.4 Å². The van der Waals surface area contributed by atoms with Crippen LogP contribution in [0.15, 0.2) is 42.5 Å². The average Bonchev–Trinajstić information content (AvgIpc) is 2.53. The van der Waals surface area contributed by atoms with Gasteiger partial charge in [0.25, 0.3) is 11.6 Å². The van der Waals surface area contributed by atoms with Crippen molar-refractivity contribution in [3.05, 3.63) is 68.7 Å². The number of rotatable bonds is 5. The fourth-order valence-corrected chi connectivity index (χ4v) is 2.25. The van der Waals surface area contributed by atoms with Crippen LogP contribution in [0.1, 0.15) is 22.8 Å². The number of hydrogen-bond acceptors (Lipinski definition) is 4. The van der Waals surface area contributed by atoms with Crippen molar-refractivity contribution in [2.24, 2.45) is 0 Å². The highest BCUT2D eigenvalue weighted by Gasteiger charge is 2.22. The normalized spacial score (nSPS) is 10.2. The molecule has 2 rings (SSSR count). The second kappa shape index (κ2) is 7.11. The van der Waals surface area contributed by atoms with Crippen LogP contribution >= 0.6 is 11.6 Å². The van der Waals surface area contributed by atoms with Crippen molar-refractivity contribution in [3.8, 4) is 0 Å². The Morgan fingerprint density at radius 3 is 2.48 bits per heavy atom. The molecule has 1 N–H and O–H groups in total. The van der Waals surface area contributed by atoms with Gasteiger partial charge in [0.2, 0.25) is 0 Å². The Morgan fingerprint density at radius 1 is 1.26 bits per heavy atom. The first-order valence-corrected chi connectivity index (χ1v) is 7.39. The molecule has 0 unspecified atom stereocenters. The van der Waals surface area contributed by atoms with Gasteiger partial charge >= 0.3 is 0 Å². The molecule has 120 valence electrons. The van der Waals surface area contributed by atoms with Crippen LogP contribution in [0.4, 0.5) is 11.4 Å². The topological polar surface area (TPSA) is 75.5 Å². The minimum absolute atomic E-state index is 0.0371. The second-order valence-electron chi connectivity index (χ2n) is 4.94. The molecule has 7 heteroatoms. The summed E-state index contributed by atoms with van der Waals surface area (Å²) in [7, 11) is 0. The molecule has 0 saturated heterocycles. The van der Waals surface area contributed by atoms with E-state index in [1.807, 2.05) is 38.1 Å². The number of carbonyl (C=O) groups is 1. The van der Waals surface area contributed by atoms with E-state index in [4.69, 9.17) is 11.6 Å². The number of amides is 1. The summed E-state index contributed by atoms with van der Waals surface area (Å²) in [5.41, 5.74) is 4.22. The van der Waals surface area contributed by atoms with Gasteiger partial charge in [0.1, 0.15) is 5.56 Å². The molecule has 0 bridgehead atoms. The van der Waals surface area contributed by atoms with E-state index in [2.05, 4.69) is 5.43 Å². The summed E-state index contributed by atoms with van der Waals surface area (Å²) in [5.74, 6) is -0.559. The number of nitrogens with one attached hydrogen (secondary N) is 1. The fraction of sp³-hybridized carbons (Fsp3) is 0.188. The van der Waals surface area contributed by atoms with E-state index >= 15 is 0 Å². The number of carbonyl (C=O) groups excluding carboxylic acids is 1. The zero-order valence-electron chi connectivity index (χ0n) is 12.7. The van der Waals surface area contributed by atoms with E-state index in [0.29, 0.717) is 6.54 Å². The molecule has 0 fully saturated rings. The van der Waals surface area contributed by atoms with Crippen LogP contribution in [0.2, 0.25) is 5.02 Å². The molecule has 0 saturated carbocycles. The van der Waals surface area contributed by atoms with Crippen molar-refractivity contribution in [1.82, 2.24) is 5.43 Å². The maximum absolute atomic E-state index is 12.4. The third kappa shape index (κ3) is 3.98. The maximum Gasteiger partial charge on any atom is 0.283 e. The Bertz CT molecular complexity index is 732. The third-order valence-electron chi connectivity index (χ3n) is 3.30. The molecule has 2 aromatic rings. The van der Waals surface area contributed by atoms with Crippen molar-refractivity contribution >= 4 is 28.9 Å². The number of nitro groups is 1. The Labute approximate surface area is 138 Å². The number of benzene rings is 2. The number of halogens is 1. The van der Waals surface area contributed by atoms with Crippen molar-refractivity contribution in [2.45, 2.75) is 13.8 Å². The van der Waals surface area contributed by atoms with Crippen molar-refractivity contribution in [1.29, 1.82) is 0 Å². The largest absolute Gasteiger partial charge is 0.286 e. The molecular formula is C16H16ClN3O3. The maximum atomic E-state index is 12.4. The molecule has 0 atom stereocenters. The Hall–Kier alpha value is -2.60. The quantitative estimate of drug-likeness (QED) is 0.668. The number of nitro benzene ring substituents is 1. The molecule has 0 radical (unpaired) electrons. The molecule has 2 aromatic carbocycles. The van der Waals surface area contributed by atoms with Crippen LogP contribution < -0.4 is 10.4 Å². The first-order chi connectivity index (χ1) is 10.9. The lowest BCUT2D eigenvalue weighted by Crippen LogP contribution is -2.42. The van der Waals surface area contributed by atoms with Gasteiger partial charge in [0.05, 0.1) is 10.6 Å². The molecule has 0 aromatic heterocycles. The van der Waals surface area contributed by atoms with Gasteiger partial charge in [-0.2, -0.15) is 0 Å². The van der Waals surface area contributed by atoms with Gasteiger partial charge in [-0.05, 0) is 38.1 Å². The van der Waals surface area contributed by atoms with E-state index in [9.17, 15) is 14.9 Å². The molecule has 1 amide bonds. The lowest BCUT2D eigenvalue weighted by atomic mass is 10.1. The molecule has 23 heavy (non-hydrogen) atoms.